The number of aromatic nitrogens is 1. The zero-order valence-corrected chi connectivity index (χ0v) is 16.7. The monoisotopic (exact) mass is 376 g/mol. The van der Waals surface area contributed by atoms with Gasteiger partial charge >= 0.3 is 6.09 Å². The number of fused-ring (bicyclic) bond motifs is 1. The van der Waals surface area contributed by atoms with E-state index in [2.05, 4.69) is 11.1 Å². The van der Waals surface area contributed by atoms with E-state index in [1.54, 1.807) is 11.3 Å². The minimum absolute atomic E-state index is 0.185. The van der Waals surface area contributed by atoms with Crippen LogP contribution in [0.3, 0.4) is 0 Å². The zero-order chi connectivity index (χ0) is 18.6. The number of carbonyl (C=O) groups is 1. The lowest BCUT2D eigenvalue weighted by atomic mass is 9.92. The Morgan fingerprint density at radius 3 is 2.69 bits per heavy atom. The summed E-state index contributed by atoms with van der Waals surface area (Å²) < 4.78 is 12.4. The Balaban J connectivity index is 1.34. The van der Waals surface area contributed by atoms with E-state index in [4.69, 9.17) is 9.47 Å². The van der Waals surface area contributed by atoms with Gasteiger partial charge in [-0.25, -0.2) is 9.78 Å². The summed E-state index contributed by atoms with van der Waals surface area (Å²) in [6.07, 6.45) is 4.05. The molecule has 0 spiro atoms. The highest BCUT2D eigenvalue weighted by molar-refractivity contribution is 7.20. The Bertz CT molecular complexity index is 697. The number of piperidine rings is 1. The minimum atomic E-state index is -0.425. The second kappa shape index (κ2) is 8.25. The molecule has 3 rings (SSSR count). The van der Waals surface area contributed by atoms with E-state index in [0.29, 0.717) is 12.5 Å². The second-order valence-corrected chi connectivity index (χ2v) is 8.84. The van der Waals surface area contributed by atoms with Crippen LogP contribution < -0.4 is 4.74 Å². The molecule has 0 atom stereocenters. The minimum Gasteiger partial charge on any atom is -0.470 e. The number of para-hydroxylation sites is 1. The number of hydrogen-bond donors (Lipinski definition) is 0. The Morgan fingerprint density at radius 1 is 1.27 bits per heavy atom. The van der Waals surface area contributed by atoms with Crippen molar-refractivity contribution in [2.75, 3.05) is 19.7 Å². The number of likely N-dealkylation sites (tertiary alicyclic amines) is 1. The SMILES string of the molecule is CC(C)(C)OC(=O)N1CCC(CCCOc2nc3ccccc3s2)CC1. The maximum absolute atomic E-state index is 12.1. The summed E-state index contributed by atoms with van der Waals surface area (Å²) in [4.78, 5) is 18.4. The van der Waals surface area contributed by atoms with Crippen molar-refractivity contribution in [3.63, 3.8) is 0 Å². The summed E-state index contributed by atoms with van der Waals surface area (Å²) in [5.74, 6) is 0.660. The molecule has 2 aromatic rings. The van der Waals surface area contributed by atoms with Gasteiger partial charge in [-0.1, -0.05) is 23.5 Å². The van der Waals surface area contributed by atoms with Crippen molar-refractivity contribution < 1.29 is 14.3 Å². The van der Waals surface area contributed by atoms with Gasteiger partial charge in [0.2, 0.25) is 0 Å². The molecule has 5 nitrogen and oxygen atoms in total. The van der Waals surface area contributed by atoms with Crippen molar-refractivity contribution in [2.24, 2.45) is 5.92 Å². The quantitative estimate of drug-likeness (QED) is 0.681. The Morgan fingerprint density at radius 2 is 2.00 bits per heavy atom. The van der Waals surface area contributed by atoms with Crippen LogP contribution in [0.1, 0.15) is 46.5 Å². The molecule has 1 amide bonds. The summed E-state index contributed by atoms with van der Waals surface area (Å²) >= 11 is 1.60. The first-order valence-corrected chi connectivity index (χ1v) is 10.2. The van der Waals surface area contributed by atoms with Crippen molar-refractivity contribution in [3.8, 4) is 5.19 Å². The van der Waals surface area contributed by atoms with E-state index in [9.17, 15) is 4.79 Å². The predicted octanol–water partition coefficient (Wildman–Crippen LogP) is 5.10. The van der Waals surface area contributed by atoms with Crippen molar-refractivity contribution in [1.29, 1.82) is 0 Å². The van der Waals surface area contributed by atoms with E-state index in [1.807, 2.05) is 43.9 Å². The van der Waals surface area contributed by atoms with Gasteiger partial charge in [0, 0.05) is 13.1 Å². The molecule has 1 aromatic carbocycles. The maximum Gasteiger partial charge on any atom is 0.410 e. The van der Waals surface area contributed by atoms with Gasteiger partial charge in [0.1, 0.15) is 5.60 Å². The maximum atomic E-state index is 12.1. The lowest BCUT2D eigenvalue weighted by Gasteiger charge is -2.33. The molecule has 1 fully saturated rings. The fourth-order valence-corrected chi connectivity index (χ4v) is 4.01. The number of amides is 1. The molecule has 2 heterocycles. The van der Waals surface area contributed by atoms with E-state index in [-0.39, 0.29) is 6.09 Å². The van der Waals surface area contributed by atoms with Crippen LogP contribution in [0.4, 0.5) is 4.79 Å². The first-order chi connectivity index (χ1) is 12.4. The topological polar surface area (TPSA) is 51.7 Å². The summed E-state index contributed by atoms with van der Waals surface area (Å²) in [6.45, 7) is 8.00. The molecular formula is C20H28N2O3S. The van der Waals surface area contributed by atoms with Crippen LogP contribution in [0.25, 0.3) is 10.2 Å². The molecule has 1 aliphatic rings. The van der Waals surface area contributed by atoms with Crippen LogP contribution in [0.5, 0.6) is 5.19 Å². The molecule has 1 aromatic heterocycles. The average molecular weight is 377 g/mol. The van der Waals surface area contributed by atoms with Gasteiger partial charge in [-0.2, -0.15) is 0 Å². The van der Waals surface area contributed by atoms with E-state index in [1.165, 1.54) is 0 Å². The summed E-state index contributed by atoms with van der Waals surface area (Å²) in [5, 5.41) is 0.756. The number of nitrogens with zero attached hydrogens (tertiary/aromatic N) is 2. The smallest absolute Gasteiger partial charge is 0.410 e. The zero-order valence-electron chi connectivity index (χ0n) is 15.9. The Hall–Kier alpha value is -1.82. The molecule has 6 heteroatoms. The molecule has 1 saturated heterocycles. The lowest BCUT2D eigenvalue weighted by Crippen LogP contribution is -2.41. The predicted molar refractivity (Wildman–Crippen MR) is 105 cm³/mol. The summed E-state index contributed by atoms with van der Waals surface area (Å²) in [6, 6.07) is 8.10. The number of thiazole rings is 1. The molecule has 26 heavy (non-hydrogen) atoms. The van der Waals surface area contributed by atoms with Crippen molar-refractivity contribution in [2.45, 2.75) is 52.1 Å². The van der Waals surface area contributed by atoms with Crippen LogP contribution in [-0.2, 0) is 4.74 Å². The van der Waals surface area contributed by atoms with E-state index in [0.717, 1.165) is 54.2 Å². The number of ether oxygens (including phenoxy) is 2. The van der Waals surface area contributed by atoms with Crippen LogP contribution in [0.2, 0.25) is 0 Å². The van der Waals surface area contributed by atoms with Crippen LogP contribution in [0, 0.1) is 5.92 Å². The van der Waals surface area contributed by atoms with E-state index >= 15 is 0 Å². The number of rotatable bonds is 5. The number of carbonyl (C=O) groups excluding carboxylic acids is 1. The van der Waals surface area contributed by atoms with Gasteiger partial charge in [-0.3, -0.25) is 0 Å². The fourth-order valence-electron chi connectivity index (χ4n) is 3.17. The molecule has 0 bridgehead atoms. The standard InChI is InChI=1S/C20H28N2O3S/c1-20(2,3)25-19(23)22-12-10-15(11-13-22)7-6-14-24-18-21-16-8-4-5-9-17(16)26-18/h4-5,8-9,15H,6-7,10-14H2,1-3H3. The first kappa shape index (κ1) is 19.0. The first-order valence-electron chi connectivity index (χ1n) is 9.37. The van der Waals surface area contributed by atoms with Gasteiger partial charge in [0.25, 0.3) is 5.19 Å². The average Bonchev–Trinajstić information content (AvgIpc) is 3.00. The van der Waals surface area contributed by atoms with Crippen LogP contribution in [0.15, 0.2) is 24.3 Å². The molecule has 0 N–H and O–H groups in total. The molecule has 0 unspecified atom stereocenters. The lowest BCUT2D eigenvalue weighted by molar-refractivity contribution is 0.0179. The second-order valence-electron chi connectivity index (χ2n) is 7.85. The highest BCUT2D eigenvalue weighted by atomic mass is 32.1. The Labute approximate surface area is 159 Å². The third-order valence-electron chi connectivity index (χ3n) is 4.52. The molecule has 0 aliphatic carbocycles. The van der Waals surface area contributed by atoms with Gasteiger partial charge in [-0.05, 0) is 64.5 Å². The van der Waals surface area contributed by atoms with Crippen molar-refractivity contribution in [1.82, 2.24) is 9.88 Å². The highest BCUT2D eigenvalue weighted by Gasteiger charge is 2.26. The van der Waals surface area contributed by atoms with E-state index < -0.39 is 5.60 Å². The molecule has 1 aliphatic heterocycles. The molecular weight excluding hydrogens is 348 g/mol. The Kier molecular flexibility index (Phi) is 6.01. The van der Waals surface area contributed by atoms with Crippen molar-refractivity contribution in [3.05, 3.63) is 24.3 Å². The van der Waals surface area contributed by atoms with Crippen molar-refractivity contribution >= 4 is 27.6 Å². The normalized spacial score (nSPS) is 16.0. The number of hydrogen-bond acceptors (Lipinski definition) is 5. The molecule has 0 saturated carbocycles. The van der Waals surface area contributed by atoms with Crippen LogP contribution in [-0.4, -0.2) is 41.3 Å². The van der Waals surface area contributed by atoms with Gasteiger partial charge < -0.3 is 14.4 Å². The van der Waals surface area contributed by atoms with Gasteiger partial charge in [0.05, 0.1) is 16.8 Å². The summed E-state index contributed by atoms with van der Waals surface area (Å²) in [7, 11) is 0. The molecule has 142 valence electrons. The number of benzene rings is 1. The summed E-state index contributed by atoms with van der Waals surface area (Å²) in [5.41, 5.74) is 0.577. The fraction of sp³-hybridized carbons (Fsp3) is 0.600. The third kappa shape index (κ3) is 5.34. The largest absolute Gasteiger partial charge is 0.470 e. The highest BCUT2D eigenvalue weighted by Crippen LogP contribution is 2.28. The molecule has 0 radical (unpaired) electrons. The van der Waals surface area contributed by atoms with Crippen LogP contribution >= 0.6 is 11.3 Å². The van der Waals surface area contributed by atoms with Gasteiger partial charge in [-0.15, -0.1) is 0 Å². The third-order valence-corrected chi connectivity index (χ3v) is 5.47. The van der Waals surface area contributed by atoms with Gasteiger partial charge in [0.15, 0.2) is 0 Å².